The molecule has 2 aliphatic rings. The van der Waals surface area contributed by atoms with Gasteiger partial charge >= 0.3 is 0 Å². The summed E-state index contributed by atoms with van der Waals surface area (Å²) in [6, 6.07) is 17.0. The Morgan fingerprint density at radius 2 is 1.90 bits per heavy atom. The average molecular weight is 418 g/mol. The van der Waals surface area contributed by atoms with E-state index in [0.717, 1.165) is 27.2 Å². The molecule has 152 valence electrons. The van der Waals surface area contributed by atoms with Crippen molar-refractivity contribution in [2.24, 2.45) is 10.9 Å². The fourth-order valence-corrected chi connectivity index (χ4v) is 5.52. The number of aromatic nitrogens is 2. The van der Waals surface area contributed by atoms with Gasteiger partial charge in [-0.15, -0.1) is 11.3 Å². The first-order valence-electron chi connectivity index (χ1n) is 10.7. The Morgan fingerprint density at radius 1 is 1.07 bits per heavy atom. The minimum absolute atomic E-state index is 0.245. The second kappa shape index (κ2) is 7.43. The van der Waals surface area contributed by atoms with E-state index < -0.39 is 0 Å². The van der Waals surface area contributed by atoms with Gasteiger partial charge in [-0.3, -0.25) is 0 Å². The Balaban J connectivity index is 1.21. The van der Waals surface area contributed by atoms with Crippen LogP contribution in [-0.4, -0.2) is 9.72 Å². The number of para-hydroxylation sites is 1. The summed E-state index contributed by atoms with van der Waals surface area (Å²) in [5.41, 5.74) is 3.10. The number of rotatable bonds is 6. The van der Waals surface area contributed by atoms with Gasteiger partial charge in [0, 0.05) is 0 Å². The van der Waals surface area contributed by atoms with E-state index in [1.807, 2.05) is 24.4 Å². The van der Waals surface area contributed by atoms with Crippen molar-refractivity contribution in [1.29, 1.82) is 0 Å². The number of hydrogen-bond acceptors (Lipinski definition) is 5. The first-order valence-corrected chi connectivity index (χ1v) is 11.5. The van der Waals surface area contributed by atoms with E-state index in [1.165, 1.54) is 42.4 Å². The highest BCUT2D eigenvalue weighted by molar-refractivity contribution is 7.18. The fraction of sp³-hybridized carbons (Fsp3) is 0.333. The van der Waals surface area contributed by atoms with Crippen molar-refractivity contribution in [3.8, 4) is 5.75 Å². The summed E-state index contributed by atoms with van der Waals surface area (Å²) in [5.74, 6) is 1.48. The van der Waals surface area contributed by atoms with E-state index in [0.29, 0.717) is 12.5 Å². The molecule has 1 saturated carbocycles. The van der Waals surface area contributed by atoms with Gasteiger partial charge < -0.3 is 9.26 Å². The van der Waals surface area contributed by atoms with Gasteiger partial charge in [0.25, 0.3) is 5.55 Å². The highest BCUT2D eigenvalue weighted by atomic mass is 32.1. The van der Waals surface area contributed by atoms with Crippen LogP contribution in [0.15, 0.2) is 58.0 Å². The monoisotopic (exact) mass is 417 g/mol. The zero-order chi connectivity index (χ0) is 19.9. The van der Waals surface area contributed by atoms with Crippen molar-refractivity contribution in [3.63, 3.8) is 0 Å². The number of hydrogen-bond donors (Lipinski definition) is 0. The van der Waals surface area contributed by atoms with Crippen molar-refractivity contribution in [2.75, 3.05) is 0 Å². The van der Waals surface area contributed by atoms with E-state index in [9.17, 15) is 0 Å². The van der Waals surface area contributed by atoms with Crippen LogP contribution < -0.4 is 15.6 Å². The zero-order valence-corrected chi connectivity index (χ0v) is 17.5. The lowest BCUT2D eigenvalue weighted by atomic mass is 9.81. The molecule has 1 aliphatic heterocycles. The second-order valence-corrected chi connectivity index (χ2v) is 9.26. The van der Waals surface area contributed by atoms with Crippen LogP contribution in [0, 0.1) is 5.92 Å². The highest BCUT2D eigenvalue weighted by Gasteiger charge is 2.31. The Morgan fingerprint density at radius 3 is 2.60 bits per heavy atom. The van der Waals surface area contributed by atoms with E-state index in [-0.39, 0.29) is 6.04 Å². The van der Waals surface area contributed by atoms with E-state index in [1.54, 1.807) is 11.3 Å². The Bertz CT molecular complexity index is 1260. The van der Waals surface area contributed by atoms with E-state index in [2.05, 4.69) is 45.0 Å². The molecule has 2 aromatic carbocycles. The molecule has 5 nitrogen and oxygen atoms in total. The number of benzene rings is 2. The first-order chi connectivity index (χ1) is 14.8. The largest absolute Gasteiger partial charge is 0.486 e. The molecule has 0 spiro atoms. The number of fused-ring (bicyclic) bond motifs is 2. The van der Waals surface area contributed by atoms with Crippen molar-refractivity contribution >= 4 is 27.8 Å². The molecule has 6 rings (SSSR count). The summed E-state index contributed by atoms with van der Waals surface area (Å²) >= 11 is 1.69. The zero-order valence-electron chi connectivity index (χ0n) is 16.7. The van der Waals surface area contributed by atoms with Gasteiger partial charge in [-0.25, -0.2) is 9.98 Å². The maximum absolute atomic E-state index is 6.02. The first kappa shape index (κ1) is 18.0. The molecule has 4 aromatic rings. The Labute approximate surface area is 178 Å². The van der Waals surface area contributed by atoms with Crippen LogP contribution in [0.5, 0.6) is 5.75 Å². The molecule has 0 N–H and O–H groups in total. The standard InChI is InChI=1S/C24H23N3O2S/c1-2-6-16(7-3-1)23(27-20-14-25-24(20)29-27)17-10-12-18(13-11-17)28-15-22-26-19-8-4-5-9-21(19)30-22/h4-5,8-14,16,23H,1-3,6-7,15H2. The number of nitrogens with zero attached hydrogens (tertiary/aromatic N) is 3. The van der Waals surface area contributed by atoms with Gasteiger partial charge in [0.15, 0.2) is 5.35 Å². The molecule has 0 radical (unpaired) electrons. The summed E-state index contributed by atoms with van der Waals surface area (Å²) in [6.45, 7) is 0.493. The SMILES string of the molecule is C1=c2c(on2C(c2ccc(OCc3nc4ccccc4s3)cc2)C2CCCCC2)=N1. The average Bonchev–Trinajstić information content (AvgIpc) is 3.20. The number of thiazole rings is 1. The van der Waals surface area contributed by atoms with Crippen LogP contribution in [0.4, 0.5) is 0 Å². The lowest BCUT2D eigenvalue weighted by Gasteiger charge is -2.33. The highest BCUT2D eigenvalue weighted by Crippen LogP contribution is 2.37. The smallest absolute Gasteiger partial charge is 0.274 e. The van der Waals surface area contributed by atoms with Gasteiger partial charge in [-0.1, -0.05) is 43.5 Å². The van der Waals surface area contributed by atoms with Crippen LogP contribution in [0.2, 0.25) is 0 Å². The third kappa shape index (κ3) is 3.16. The van der Waals surface area contributed by atoms with Crippen molar-refractivity contribution in [1.82, 2.24) is 9.72 Å². The molecule has 30 heavy (non-hydrogen) atoms. The van der Waals surface area contributed by atoms with Crippen LogP contribution in [0.25, 0.3) is 16.4 Å². The normalized spacial score (nSPS) is 17.1. The third-order valence-corrected chi connectivity index (χ3v) is 7.23. The van der Waals surface area contributed by atoms with Crippen LogP contribution in [-0.2, 0) is 6.61 Å². The summed E-state index contributed by atoms with van der Waals surface area (Å²) < 4.78 is 15.1. The van der Waals surface area contributed by atoms with Crippen LogP contribution in [0.1, 0.15) is 48.7 Å². The Kier molecular flexibility index (Phi) is 4.45. The topological polar surface area (TPSA) is 52.5 Å². The van der Waals surface area contributed by atoms with Gasteiger partial charge in [-0.2, -0.15) is 4.74 Å². The second-order valence-electron chi connectivity index (χ2n) is 8.14. The van der Waals surface area contributed by atoms with Gasteiger partial charge in [0.2, 0.25) is 0 Å². The molecule has 0 saturated heterocycles. The minimum Gasteiger partial charge on any atom is -0.486 e. The molecule has 0 bridgehead atoms. The molecule has 0 amide bonds. The maximum atomic E-state index is 6.02. The van der Waals surface area contributed by atoms with E-state index in [4.69, 9.17) is 9.26 Å². The molecule has 1 unspecified atom stereocenters. The molecule has 3 heterocycles. The lowest BCUT2D eigenvalue weighted by Crippen LogP contribution is -2.50. The molecule has 2 aromatic heterocycles. The quantitative estimate of drug-likeness (QED) is 0.452. The van der Waals surface area contributed by atoms with Gasteiger partial charge in [0.1, 0.15) is 17.4 Å². The summed E-state index contributed by atoms with van der Waals surface area (Å²) in [4.78, 5) is 8.81. The number of ether oxygens (including phenoxy) is 1. The van der Waals surface area contributed by atoms with Gasteiger partial charge in [0.05, 0.1) is 22.5 Å². The van der Waals surface area contributed by atoms with Crippen molar-refractivity contribution in [3.05, 3.63) is 70.0 Å². The molecule has 6 heteroatoms. The Hall–Kier alpha value is -2.86. The molecule has 1 atom stereocenters. The summed E-state index contributed by atoms with van der Waals surface area (Å²) in [6.07, 6.45) is 8.36. The van der Waals surface area contributed by atoms with Crippen molar-refractivity contribution < 1.29 is 9.26 Å². The maximum Gasteiger partial charge on any atom is 0.274 e. The summed E-state index contributed by atoms with van der Waals surface area (Å²) in [7, 11) is 0. The lowest BCUT2D eigenvalue weighted by molar-refractivity contribution is 0.0938. The van der Waals surface area contributed by atoms with Crippen molar-refractivity contribution in [2.45, 2.75) is 44.8 Å². The third-order valence-electron chi connectivity index (χ3n) is 6.22. The van der Waals surface area contributed by atoms with Crippen LogP contribution in [0.3, 0.4) is 0 Å². The molecular weight excluding hydrogens is 394 g/mol. The predicted molar refractivity (Wildman–Crippen MR) is 117 cm³/mol. The molecule has 1 aliphatic carbocycles. The van der Waals surface area contributed by atoms with Gasteiger partial charge in [-0.05, 0) is 48.6 Å². The fourth-order valence-electron chi connectivity index (χ4n) is 4.64. The molecule has 1 fully saturated rings. The van der Waals surface area contributed by atoms with Crippen LogP contribution >= 0.6 is 11.3 Å². The summed E-state index contributed by atoms with van der Waals surface area (Å²) in [5, 5.41) is 2.14. The molecular formula is C24H23N3O2S. The van der Waals surface area contributed by atoms with E-state index >= 15 is 0 Å². The minimum atomic E-state index is 0.245. The predicted octanol–water partition coefficient (Wildman–Crippen LogP) is 4.81.